The van der Waals surface area contributed by atoms with Gasteiger partial charge in [-0.3, -0.25) is 31.9 Å². The molecular weight excluding hydrogens is 830 g/mol. The predicted octanol–water partition coefficient (Wildman–Crippen LogP) is 8.19. The third-order valence-corrected chi connectivity index (χ3v) is 13.8. The molecule has 0 bridgehead atoms. The van der Waals surface area contributed by atoms with Gasteiger partial charge in [0.1, 0.15) is 30.5 Å². The topological polar surface area (TPSA) is 181 Å². The van der Waals surface area contributed by atoms with E-state index in [2.05, 4.69) is 0 Å². The van der Waals surface area contributed by atoms with Crippen LogP contribution < -0.4 is 0 Å². The normalized spacial score (nSPS) is 26.0. The molecule has 17 heteroatoms. The Hall–Kier alpha value is -4.08. The molecule has 0 amide bonds. The van der Waals surface area contributed by atoms with E-state index >= 15 is 0 Å². The molecule has 1 N–H and O–H groups in total. The van der Waals surface area contributed by atoms with Gasteiger partial charge in [0.15, 0.2) is 11.9 Å². The molecular formula is C44H48O15P2. The second-order valence-electron chi connectivity index (χ2n) is 15.3. The average Bonchev–Trinajstić information content (AvgIpc) is 3.55. The summed E-state index contributed by atoms with van der Waals surface area (Å²) in [4.78, 5) is 26.6. The van der Waals surface area contributed by atoms with E-state index < -0.39 is 76.1 Å². The first-order chi connectivity index (χ1) is 29.5. The predicted molar refractivity (Wildman–Crippen MR) is 216 cm³/mol. The lowest BCUT2D eigenvalue weighted by Crippen LogP contribution is -2.64. The molecule has 2 aliphatic heterocycles. The molecule has 61 heavy (non-hydrogen) atoms. The molecule has 4 aliphatic rings. The van der Waals surface area contributed by atoms with Gasteiger partial charge < -0.3 is 24.1 Å². The maximum atomic E-state index is 14.9. The zero-order valence-corrected chi connectivity index (χ0v) is 35.2. The first-order valence-electron chi connectivity index (χ1n) is 20.3. The summed E-state index contributed by atoms with van der Waals surface area (Å²) in [5.41, 5.74) is 3.02. The number of ether oxygens (including phenoxy) is 4. The van der Waals surface area contributed by atoms with Gasteiger partial charge in [0.2, 0.25) is 6.10 Å². The molecule has 2 saturated carbocycles. The first-order valence-corrected chi connectivity index (χ1v) is 23.2. The van der Waals surface area contributed by atoms with Crippen LogP contribution in [0.4, 0.5) is 0 Å². The van der Waals surface area contributed by atoms with Gasteiger partial charge in [0.05, 0.1) is 26.4 Å². The Morgan fingerprint density at radius 2 is 1.25 bits per heavy atom. The van der Waals surface area contributed by atoms with Crippen molar-refractivity contribution in [3.63, 3.8) is 0 Å². The van der Waals surface area contributed by atoms with Crippen molar-refractivity contribution in [2.75, 3.05) is 0 Å². The number of hydrogen-bond acceptors (Lipinski definition) is 15. The van der Waals surface area contributed by atoms with Gasteiger partial charge >= 0.3 is 27.6 Å². The smallest absolute Gasteiger partial charge is 0.454 e. The van der Waals surface area contributed by atoms with Crippen molar-refractivity contribution < 1.29 is 69.9 Å². The van der Waals surface area contributed by atoms with Crippen LogP contribution in [0.15, 0.2) is 115 Å². The van der Waals surface area contributed by atoms with E-state index in [0.29, 0.717) is 40.7 Å². The van der Waals surface area contributed by atoms with Crippen molar-refractivity contribution >= 4 is 27.6 Å². The van der Waals surface area contributed by atoms with Crippen LogP contribution in [-0.2, 0) is 91.2 Å². The number of esters is 2. The zero-order valence-electron chi connectivity index (χ0n) is 33.4. The maximum absolute atomic E-state index is 14.9. The Balaban J connectivity index is 1.17. The highest BCUT2D eigenvalue weighted by atomic mass is 31.2. The number of carbonyl (C=O) groups excluding carboxylic acids is 2. The molecule has 0 aromatic heterocycles. The van der Waals surface area contributed by atoms with E-state index in [1.807, 2.05) is 12.1 Å². The summed E-state index contributed by atoms with van der Waals surface area (Å²) in [7, 11) is -9.27. The van der Waals surface area contributed by atoms with Crippen LogP contribution >= 0.6 is 15.6 Å². The Bertz CT molecular complexity index is 2130. The third kappa shape index (κ3) is 10.4. The van der Waals surface area contributed by atoms with Crippen LogP contribution in [0.1, 0.15) is 72.9 Å². The van der Waals surface area contributed by atoms with E-state index in [1.54, 1.807) is 103 Å². The maximum Gasteiger partial charge on any atom is 0.475 e. The Kier molecular flexibility index (Phi) is 13.7. The molecule has 8 rings (SSSR count). The summed E-state index contributed by atoms with van der Waals surface area (Å²) in [5, 5.41) is 12.5. The highest BCUT2D eigenvalue weighted by Crippen LogP contribution is 2.59. The number of phosphoric acid groups is 2. The lowest BCUT2D eigenvalue weighted by molar-refractivity contribution is -0.215. The van der Waals surface area contributed by atoms with Crippen molar-refractivity contribution in [1.82, 2.24) is 0 Å². The fourth-order valence-corrected chi connectivity index (χ4v) is 10.6. The quantitative estimate of drug-likeness (QED) is 0.0945. The fraction of sp³-hybridized carbons (Fsp3) is 0.409. The second kappa shape index (κ2) is 19.1. The van der Waals surface area contributed by atoms with Gasteiger partial charge in [-0.05, 0) is 35.1 Å². The molecule has 0 unspecified atom stereocenters. The van der Waals surface area contributed by atoms with E-state index in [4.69, 9.17) is 46.1 Å². The Labute approximate surface area is 353 Å². The molecule has 7 atom stereocenters. The summed E-state index contributed by atoms with van der Waals surface area (Å²) < 4.78 is 90.6. The monoisotopic (exact) mass is 878 g/mol. The molecule has 1 spiro atoms. The molecule has 2 aliphatic carbocycles. The lowest BCUT2D eigenvalue weighted by atomic mass is 9.85. The fourth-order valence-electron chi connectivity index (χ4n) is 7.96. The van der Waals surface area contributed by atoms with Crippen molar-refractivity contribution in [3.05, 3.63) is 143 Å². The van der Waals surface area contributed by atoms with Crippen LogP contribution in [-0.4, -0.2) is 59.5 Å². The van der Waals surface area contributed by atoms with E-state index in [1.165, 1.54) is 0 Å². The number of fused-ring (bicyclic) bond motifs is 2. The van der Waals surface area contributed by atoms with E-state index in [9.17, 15) is 23.8 Å². The number of rotatable bonds is 14. The zero-order chi connectivity index (χ0) is 42.5. The third-order valence-electron chi connectivity index (χ3n) is 11.0. The summed E-state index contributed by atoms with van der Waals surface area (Å²) in [5.74, 6) is -3.04. The Morgan fingerprint density at radius 3 is 1.79 bits per heavy atom. The minimum atomic E-state index is -4.66. The molecule has 0 radical (unpaired) electrons. The SMILES string of the molecule is CC(=O)O[C@H](C(=O)O[C@@H]1[C@H]2OC3(CCCCC3)O[C@H]2[C@@H](OP(=O)(OCc2ccccc2)OCc2ccccc2)[C@H](O)[C@H]1OP1(=O)OCc2ccccc2CO1)c1ccccc1. The minimum absolute atomic E-state index is 0.173. The molecule has 4 aromatic carbocycles. The van der Waals surface area contributed by atoms with Crippen LogP contribution in [0.25, 0.3) is 0 Å². The van der Waals surface area contributed by atoms with Gasteiger partial charge in [-0.15, -0.1) is 0 Å². The summed E-state index contributed by atoms with van der Waals surface area (Å²) in [6, 6.07) is 33.3. The Morgan fingerprint density at radius 1 is 0.738 bits per heavy atom. The van der Waals surface area contributed by atoms with Gasteiger partial charge in [-0.1, -0.05) is 122 Å². The minimum Gasteiger partial charge on any atom is -0.454 e. The van der Waals surface area contributed by atoms with E-state index in [0.717, 1.165) is 26.2 Å². The van der Waals surface area contributed by atoms with Gasteiger partial charge in [-0.25, -0.2) is 13.9 Å². The van der Waals surface area contributed by atoms with Crippen molar-refractivity contribution in [1.29, 1.82) is 0 Å². The first kappa shape index (κ1) is 43.6. The number of aliphatic hydroxyl groups is 1. The van der Waals surface area contributed by atoms with Crippen molar-refractivity contribution in [2.24, 2.45) is 0 Å². The van der Waals surface area contributed by atoms with Crippen LogP contribution in [0.2, 0.25) is 0 Å². The standard InChI is InChI=1S/C44H48O15P2/c1-30(45)54-37(33-20-10-4-11-21-33)43(47)55-40-38(58-61(49)52-28-34-22-12-13-23-35(34)29-53-61)36(46)39(41-42(40)57-44(56-41)24-14-5-15-25-44)59-60(48,50-26-31-16-6-2-7-17-31)51-27-32-18-8-3-9-19-32/h2-4,6-13,16-23,36-42,46H,5,14-15,24-29H2,1H3/t36-,37+,38-,39+,40+,41+,42-/m1/s1. The summed E-state index contributed by atoms with van der Waals surface area (Å²) in [6.07, 6.45) is -7.89. The van der Waals surface area contributed by atoms with E-state index in [-0.39, 0.29) is 26.4 Å². The molecule has 1 saturated heterocycles. The number of carbonyl (C=O) groups is 2. The number of aliphatic hydroxyl groups excluding tert-OH is 1. The molecule has 324 valence electrons. The summed E-state index contributed by atoms with van der Waals surface area (Å²) in [6.45, 7) is 0.418. The van der Waals surface area contributed by atoms with Gasteiger partial charge in [0, 0.05) is 25.3 Å². The lowest BCUT2D eigenvalue weighted by Gasteiger charge is -2.45. The van der Waals surface area contributed by atoms with Crippen molar-refractivity contribution in [3.8, 4) is 0 Å². The number of hydrogen-bond donors (Lipinski definition) is 1. The molecule has 15 nitrogen and oxygen atoms in total. The highest BCUT2D eigenvalue weighted by molar-refractivity contribution is 7.48. The molecule has 3 fully saturated rings. The number of benzene rings is 4. The highest BCUT2D eigenvalue weighted by Gasteiger charge is 2.65. The van der Waals surface area contributed by atoms with Crippen molar-refractivity contribution in [2.45, 2.75) is 114 Å². The number of phosphoric ester groups is 2. The van der Waals surface area contributed by atoms with Gasteiger partial charge in [0.25, 0.3) is 0 Å². The average molecular weight is 879 g/mol. The second-order valence-corrected chi connectivity index (χ2v) is 18.5. The summed E-state index contributed by atoms with van der Waals surface area (Å²) >= 11 is 0. The molecule has 2 heterocycles. The van der Waals surface area contributed by atoms with Gasteiger partial charge in [-0.2, -0.15) is 0 Å². The van der Waals surface area contributed by atoms with Crippen LogP contribution in [0.5, 0.6) is 0 Å². The van der Waals surface area contributed by atoms with Crippen LogP contribution in [0.3, 0.4) is 0 Å². The van der Waals surface area contributed by atoms with Crippen LogP contribution in [0, 0.1) is 0 Å². The largest absolute Gasteiger partial charge is 0.475 e. The molecule has 4 aromatic rings.